The molecule has 0 fully saturated rings. The Kier molecular flexibility index (Phi) is 3.81. The zero-order valence-corrected chi connectivity index (χ0v) is 10.2. The second kappa shape index (κ2) is 5.34. The number of benzene rings is 1. The molecule has 18 heavy (non-hydrogen) atoms. The Morgan fingerprint density at radius 2 is 2.33 bits per heavy atom. The van der Waals surface area contributed by atoms with Gasteiger partial charge in [0.25, 0.3) is 0 Å². The van der Waals surface area contributed by atoms with Gasteiger partial charge in [-0.05, 0) is 24.7 Å². The number of hydrogen-bond acceptors (Lipinski definition) is 5. The number of nitrogens with two attached hydrogens (primary N) is 1. The summed E-state index contributed by atoms with van der Waals surface area (Å²) in [6.07, 6.45) is -0.521. The van der Waals surface area contributed by atoms with Crippen LogP contribution in [-0.2, 0) is 6.54 Å². The van der Waals surface area contributed by atoms with Gasteiger partial charge in [-0.1, -0.05) is 6.07 Å². The lowest BCUT2D eigenvalue weighted by atomic mass is 10.2. The van der Waals surface area contributed by atoms with Crippen LogP contribution in [0.25, 0.3) is 11.1 Å². The minimum atomic E-state index is -0.521. The van der Waals surface area contributed by atoms with Crippen molar-refractivity contribution in [2.45, 2.75) is 12.6 Å². The highest BCUT2D eigenvalue weighted by molar-refractivity contribution is 5.72. The van der Waals surface area contributed by atoms with E-state index in [1.807, 2.05) is 24.1 Å². The van der Waals surface area contributed by atoms with Crippen LogP contribution in [0, 0.1) is 0 Å². The van der Waals surface area contributed by atoms with Crippen molar-refractivity contribution in [3.63, 3.8) is 0 Å². The van der Waals surface area contributed by atoms with E-state index in [4.69, 9.17) is 10.2 Å². The molecule has 2 rings (SSSR count). The van der Waals surface area contributed by atoms with E-state index >= 15 is 0 Å². The van der Waals surface area contributed by atoms with E-state index in [0.717, 1.165) is 5.56 Å². The number of aromatic amines is 1. The quantitative estimate of drug-likeness (QED) is 0.688. The van der Waals surface area contributed by atoms with Crippen molar-refractivity contribution in [3.05, 3.63) is 34.3 Å². The summed E-state index contributed by atoms with van der Waals surface area (Å²) in [7, 11) is 1.90. The van der Waals surface area contributed by atoms with E-state index < -0.39 is 11.9 Å². The van der Waals surface area contributed by atoms with Gasteiger partial charge in [0.1, 0.15) is 0 Å². The molecule has 2 aromatic rings. The molecule has 0 saturated heterocycles. The van der Waals surface area contributed by atoms with Crippen LogP contribution in [0.1, 0.15) is 5.56 Å². The minimum Gasteiger partial charge on any atom is -0.408 e. The van der Waals surface area contributed by atoms with Gasteiger partial charge in [0.15, 0.2) is 5.58 Å². The lowest BCUT2D eigenvalue weighted by molar-refractivity contribution is 0.129. The van der Waals surface area contributed by atoms with Gasteiger partial charge in [0.05, 0.1) is 11.6 Å². The molecule has 1 heterocycles. The van der Waals surface area contributed by atoms with Crippen molar-refractivity contribution in [2.75, 3.05) is 20.1 Å². The fourth-order valence-electron chi connectivity index (χ4n) is 1.91. The summed E-state index contributed by atoms with van der Waals surface area (Å²) in [6, 6.07) is 5.52. The van der Waals surface area contributed by atoms with Crippen LogP contribution >= 0.6 is 0 Å². The van der Waals surface area contributed by atoms with Crippen LogP contribution in [0.15, 0.2) is 27.4 Å². The second-order valence-electron chi connectivity index (χ2n) is 4.43. The van der Waals surface area contributed by atoms with Crippen LogP contribution in [0.4, 0.5) is 0 Å². The molecular weight excluding hydrogens is 234 g/mol. The van der Waals surface area contributed by atoms with E-state index in [1.165, 1.54) is 0 Å². The summed E-state index contributed by atoms with van der Waals surface area (Å²) < 4.78 is 4.93. The van der Waals surface area contributed by atoms with Gasteiger partial charge in [0.2, 0.25) is 0 Å². The molecule has 0 radical (unpaired) electrons. The lowest BCUT2D eigenvalue weighted by Gasteiger charge is -2.19. The number of fused-ring (bicyclic) bond motifs is 1. The van der Waals surface area contributed by atoms with Gasteiger partial charge in [-0.15, -0.1) is 0 Å². The van der Waals surface area contributed by atoms with Crippen molar-refractivity contribution in [3.8, 4) is 0 Å². The molecule has 1 aromatic carbocycles. The van der Waals surface area contributed by atoms with Crippen molar-refractivity contribution >= 4 is 11.1 Å². The summed E-state index contributed by atoms with van der Waals surface area (Å²) in [4.78, 5) is 15.6. The molecule has 0 spiro atoms. The number of hydrogen-bond donors (Lipinski definition) is 3. The number of aliphatic hydroxyl groups excluding tert-OH is 1. The van der Waals surface area contributed by atoms with E-state index in [1.54, 1.807) is 6.07 Å². The predicted octanol–water partition coefficient (Wildman–Crippen LogP) is -0.128. The summed E-state index contributed by atoms with van der Waals surface area (Å²) in [6.45, 7) is 1.43. The molecule has 0 aliphatic carbocycles. The minimum absolute atomic E-state index is 0.248. The first-order valence-electron chi connectivity index (χ1n) is 5.77. The molecule has 0 saturated carbocycles. The second-order valence-corrected chi connectivity index (χ2v) is 4.43. The van der Waals surface area contributed by atoms with Crippen LogP contribution in [0.5, 0.6) is 0 Å². The van der Waals surface area contributed by atoms with Crippen LogP contribution < -0.4 is 11.5 Å². The highest BCUT2D eigenvalue weighted by Crippen LogP contribution is 2.13. The van der Waals surface area contributed by atoms with Crippen molar-refractivity contribution in [1.82, 2.24) is 9.88 Å². The maximum Gasteiger partial charge on any atom is 0.417 e. The first-order chi connectivity index (χ1) is 8.58. The average molecular weight is 251 g/mol. The Labute approximate surface area is 104 Å². The Morgan fingerprint density at radius 3 is 3.06 bits per heavy atom. The molecule has 1 unspecified atom stereocenters. The van der Waals surface area contributed by atoms with Crippen LogP contribution in [0.2, 0.25) is 0 Å². The normalized spacial score (nSPS) is 13.3. The van der Waals surface area contributed by atoms with Crippen LogP contribution in [-0.4, -0.2) is 41.2 Å². The standard InChI is InChI=1S/C12H17N3O3/c1-15(7-9(16)5-13)6-8-2-3-11-10(4-8)14-12(17)18-11/h2-4,9,16H,5-7,13H2,1H3,(H,14,17). The number of likely N-dealkylation sites (N-methyl/N-ethyl adjacent to an activating group) is 1. The first kappa shape index (κ1) is 12.8. The largest absolute Gasteiger partial charge is 0.417 e. The molecule has 4 N–H and O–H groups in total. The molecule has 6 heteroatoms. The van der Waals surface area contributed by atoms with Gasteiger partial charge in [0, 0.05) is 19.6 Å². The van der Waals surface area contributed by atoms with E-state index in [9.17, 15) is 9.90 Å². The van der Waals surface area contributed by atoms with E-state index in [2.05, 4.69) is 4.98 Å². The first-order valence-corrected chi connectivity index (χ1v) is 5.77. The molecule has 6 nitrogen and oxygen atoms in total. The number of H-pyrrole nitrogens is 1. The summed E-state index contributed by atoms with van der Waals surface area (Å²) in [5, 5.41) is 9.45. The molecule has 0 aliphatic heterocycles. The molecule has 1 aromatic heterocycles. The Morgan fingerprint density at radius 1 is 1.56 bits per heavy atom. The van der Waals surface area contributed by atoms with Crippen molar-refractivity contribution in [2.24, 2.45) is 5.73 Å². The van der Waals surface area contributed by atoms with E-state index in [0.29, 0.717) is 24.2 Å². The lowest BCUT2D eigenvalue weighted by Crippen LogP contribution is -2.33. The Hall–Kier alpha value is -1.63. The van der Waals surface area contributed by atoms with Gasteiger partial charge < -0.3 is 15.3 Å². The average Bonchev–Trinajstić information content (AvgIpc) is 2.68. The molecule has 0 amide bonds. The smallest absolute Gasteiger partial charge is 0.408 e. The number of oxazole rings is 1. The number of aliphatic hydroxyl groups is 1. The van der Waals surface area contributed by atoms with Gasteiger partial charge in [-0.25, -0.2) is 4.79 Å². The number of aromatic nitrogens is 1. The number of rotatable bonds is 5. The highest BCUT2D eigenvalue weighted by Gasteiger charge is 2.08. The topological polar surface area (TPSA) is 95.5 Å². The highest BCUT2D eigenvalue weighted by atomic mass is 16.4. The molecule has 0 bridgehead atoms. The molecular formula is C12H17N3O3. The third kappa shape index (κ3) is 2.98. The summed E-state index contributed by atoms with van der Waals surface area (Å²) >= 11 is 0. The third-order valence-electron chi connectivity index (χ3n) is 2.73. The monoisotopic (exact) mass is 251 g/mol. The van der Waals surface area contributed by atoms with Gasteiger partial charge in [-0.2, -0.15) is 0 Å². The fraction of sp³-hybridized carbons (Fsp3) is 0.417. The van der Waals surface area contributed by atoms with Crippen molar-refractivity contribution in [1.29, 1.82) is 0 Å². The maximum atomic E-state index is 11.0. The summed E-state index contributed by atoms with van der Waals surface area (Å²) in [5.41, 5.74) is 7.63. The van der Waals surface area contributed by atoms with Crippen molar-refractivity contribution < 1.29 is 9.52 Å². The zero-order chi connectivity index (χ0) is 13.1. The SMILES string of the molecule is CN(Cc1ccc2oc(=O)[nH]c2c1)CC(O)CN. The van der Waals surface area contributed by atoms with Gasteiger partial charge in [-0.3, -0.25) is 9.88 Å². The van der Waals surface area contributed by atoms with E-state index in [-0.39, 0.29) is 6.54 Å². The fourth-order valence-corrected chi connectivity index (χ4v) is 1.91. The molecule has 1 atom stereocenters. The number of nitrogens with one attached hydrogen (secondary N) is 1. The zero-order valence-electron chi connectivity index (χ0n) is 10.2. The molecule has 98 valence electrons. The Bertz CT molecular complexity index is 575. The third-order valence-corrected chi connectivity index (χ3v) is 2.73. The predicted molar refractivity (Wildman–Crippen MR) is 68.2 cm³/mol. The summed E-state index contributed by atoms with van der Waals surface area (Å²) in [5.74, 6) is -0.450. The maximum absolute atomic E-state index is 11.0. The molecule has 0 aliphatic rings. The number of nitrogens with zero attached hydrogens (tertiary/aromatic N) is 1. The Balaban J connectivity index is 2.09. The van der Waals surface area contributed by atoms with Crippen LogP contribution in [0.3, 0.4) is 0 Å². The van der Waals surface area contributed by atoms with Gasteiger partial charge >= 0.3 is 5.76 Å².